The number of nitrogens with one attached hydrogen (secondary N) is 1. The summed E-state index contributed by atoms with van der Waals surface area (Å²) in [6.07, 6.45) is 65.7. The molecule has 1 heterocycles. The van der Waals surface area contributed by atoms with Crippen LogP contribution in [-0.4, -0.2) is 87.5 Å². The third-order valence-corrected chi connectivity index (χ3v) is 12.6. The highest BCUT2D eigenvalue weighted by Gasteiger charge is 2.44. The number of carbonyl (C=O) groups excluding carboxylic acids is 1. The third-order valence-electron chi connectivity index (χ3n) is 12.6. The quantitative estimate of drug-likeness (QED) is 0.0261. The van der Waals surface area contributed by atoms with Crippen LogP contribution in [-0.2, 0) is 14.3 Å². The minimum Gasteiger partial charge on any atom is -0.394 e. The molecule has 1 fully saturated rings. The smallest absolute Gasteiger partial charge is 0.220 e. The molecular weight excluding hydrogens is 875 g/mol. The minimum absolute atomic E-state index is 0.219. The molecule has 1 amide bonds. The highest BCUT2D eigenvalue weighted by atomic mass is 16.7. The lowest BCUT2D eigenvalue weighted by Crippen LogP contribution is -2.60. The number of allylic oxidation sites excluding steroid dienone is 17. The van der Waals surface area contributed by atoms with E-state index in [1.165, 1.54) is 89.9 Å². The van der Waals surface area contributed by atoms with Crippen molar-refractivity contribution in [2.75, 3.05) is 13.2 Å². The third kappa shape index (κ3) is 38.5. The molecule has 9 heteroatoms. The van der Waals surface area contributed by atoms with Gasteiger partial charge in [-0.3, -0.25) is 4.79 Å². The number of amides is 1. The van der Waals surface area contributed by atoms with Gasteiger partial charge in [-0.15, -0.1) is 0 Å². The second-order valence-corrected chi connectivity index (χ2v) is 19.0. The van der Waals surface area contributed by atoms with Crippen molar-refractivity contribution < 1.29 is 39.8 Å². The Balaban J connectivity index is 2.33. The number of rotatable bonds is 46. The number of hydrogen-bond donors (Lipinski definition) is 6. The molecule has 0 saturated carbocycles. The Morgan fingerprint density at radius 2 is 0.900 bits per heavy atom. The molecule has 0 aliphatic carbocycles. The van der Waals surface area contributed by atoms with E-state index in [1.807, 2.05) is 6.08 Å². The van der Waals surface area contributed by atoms with E-state index in [0.29, 0.717) is 12.8 Å². The topological polar surface area (TPSA) is 149 Å². The molecule has 1 aliphatic rings. The fraction of sp³-hybridized carbons (Fsp3) is 0.689. The van der Waals surface area contributed by atoms with Crippen LogP contribution < -0.4 is 5.32 Å². The van der Waals surface area contributed by atoms with Crippen molar-refractivity contribution in [3.8, 4) is 0 Å². The Bertz CT molecular complexity index is 1460. The highest BCUT2D eigenvalue weighted by Crippen LogP contribution is 2.23. The van der Waals surface area contributed by atoms with Crippen LogP contribution in [0.5, 0.6) is 0 Å². The van der Waals surface area contributed by atoms with E-state index < -0.39 is 49.5 Å². The van der Waals surface area contributed by atoms with Crippen molar-refractivity contribution in [1.29, 1.82) is 0 Å². The van der Waals surface area contributed by atoms with Gasteiger partial charge in [0.15, 0.2) is 6.29 Å². The molecule has 0 aromatic carbocycles. The molecule has 0 spiro atoms. The van der Waals surface area contributed by atoms with E-state index >= 15 is 0 Å². The largest absolute Gasteiger partial charge is 0.394 e. The number of hydrogen-bond acceptors (Lipinski definition) is 8. The zero-order chi connectivity index (χ0) is 50.8. The lowest BCUT2D eigenvalue weighted by molar-refractivity contribution is -0.302. The molecule has 1 saturated heterocycles. The minimum atomic E-state index is -1.59. The van der Waals surface area contributed by atoms with Crippen molar-refractivity contribution in [3.05, 3.63) is 109 Å². The lowest BCUT2D eigenvalue weighted by atomic mass is 9.99. The van der Waals surface area contributed by atoms with E-state index in [4.69, 9.17) is 9.47 Å². The van der Waals surface area contributed by atoms with Crippen molar-refractivity contribution in [2.45, 2.75) is 256 Å². The number of ether oxygens (including phenoxy) is 2. The maximum absolute atomic E-state index is 13.0. The van der Waals surface area contributed by atoms with Crippen LogP contribution in [0.15, 0.2) is 109 Å². The summed E-state index contributed by atoms with van der Waals surface area (Å²) in [4.78, 5) is 13.0. The number of aliphatic hydroxyl groups excluding tert-OH is 5. The van der Waals surface area contributed by atoms with Gasteiger partial charge in [-0.2, -0.15) is 0 Å². The molecule has 400 valence electrons. The van der Waals surface area contributed by atoms with Crippen LogP contribution in [0.3, 0.4) is 0 Å². The average Bonchev–Trinajstić information content (AvgIpc) is 3.36. The molecule has 7 unspecified atom stereocenters. The highest BCUT2D eigenvalue weighted by molar-refractivity contribution is 5.76. The number of aliphatic hydroxyl groups is 5. The lowest BCUT2D eigenvalue weighted by Gasteiger charge is -2.40. The average molecular weight is 978 g/mol. The summed E-state index contributed by atoms with van der Waals surface area (Å²) in [6.45, 7) is 3.62. The Kier molecular flexibility index (Phi) is 45.8. The van der Waals surface area contributed by atoms with Crippen LogP contribution in [0.1, 0.15) is 213 Å². The van der Waals surface area contributed by atoms with E-state index in [1.54, 1.807) is 6.08 Å². The van der Waals surface area contributed by atoms with Gasteiger partial charge in [0.05, 0.1) is 25.4 Å². The van der Waals surface area contributed by atoms with Gasteiger partial charge in [-0.25, -0.2) is 0 Å². The van der Waals surface area contributed by atoms with Crippen LogP contribution in [0, 0.1) is 0 Å². The van der Waals surface area contributed by atoms with E-state index in [0.717, 1.165) is 96.3 Å². The Labute approximate surface area is 427 Å². The molecule has 0 radical (unpaired) electrons. The molecule has 0 aromatic rings. The summed E-state index contributed by atoms with van der Waals surface area (Å²) in [5.41, 5.74) is 0. The predicted octanol–water partition coefficient (Wildman–Crippen LogP) is 13.8. The van der Waals surface area contributed by atoms with Crippen molar-refractivity contribution in [3.63, 3.8) is 0 Å². The van der Waals surface area contributed by atoms with Crippen LogP contribution in [0.4, 0.5) is 0 Å². The predicted molar refractivity (Wildman–Crippen MR) is 294 cm³/mol. The standard InChI is InChI=1S/C61H103NO8/c1-3-5-7-9-11-13-15-17-19-21-23-25-27-29-30-32-34-36-38-40-42-44-46-48-50-55(64)54(53-69-61-60(68)59(67)58(66)56(52-63)70-61)62-57(65)51-49-47-45-43-41-39-37-35-33-31-28-26-24-22-20-18-16-14-12-10-8-6-4-2/h6,8,12,14,18,20,24,26,31-34,37,39-40,42,48,50,54-56,58-61,63-64,66-68H,3-5,7,9-11,13,15-17,19,21-23,25,27-30,35-36,38,41,43-47,49,51-53H2,1-2H3,(H,62,65)/b8-6-,14-12-,20-18-,26-24-,33-31-,34-32+,39-37-,42-40+,50-48+. The van der Waals surface area contributed by atoms with Gasteiger partial charge in [0.2, 0.25) is 5.91 Å². The first-order chi connectivity index (χ1) is 34.3. The molecule has 9 nitrogen and oxygen atoms in total. The molecule has 6 N–H and O–H groups in total. The zero-order valence-electron chi connectivity index (χ0n) is 44.2. The Morgan fingerprint density at radius 3 is 1.37 bits per heavy atom. The maximum atomic E-state index is 13.0. The van der Waals surface area contributed by atoms with Gasteiger partial charge in [0.1, 0.15) is 24.4 Å². The summed E-state index contributed by atoms with van der Waals surface area (Å²) < 4.78 is 11.2. The summed E-state index contributed by atoms with van der Waals surface area (Å²) in [7, 11) is 0. The molecular formula is C61H103NO8. The molecule has 7 atom stereocenters. The second-order valence-electron chi connectivity index (χ2n) is 19.0. The maximum Gasteiger partial charge on any atom is 0.220 e. The van der Waals surface area contributed by atoms with Crippen molar-refractivity contribution >= 4 is 5.91 Å². The fourth-order valence-electron chi connectivity index (χ4n) is 8.13. The van der Waals surface area contributed by atoms with Crippen LogP contribution in [0.2, 0.25) is 0 Å². The Morgan fingerprint density at radius 1 is 0.500 bits per heavy atom. The van der Waals surface area contributed by atoms with E-state index in [-0.39, 0.29) is 12.5 Å². The summed E-state index contributed by atoms with van der Waals surface area (Å²) >= 11 is 0. The molecule has 70 heavy (non-hydrogen) atoms. The Hall–Kier alpha value is -3.15. The second kappa shape index (κ2) is 49.4. The normalized spacial score (nSPS) is 20.2. The zero-order valence-corrected chi connectivity index (χ0v) is 44.2. The first kappa shape index (κ1) is 64.9. The fourth-order valence-corrected chi connectivity index (χ4v) is 8.13. The number of carbonyl (C=O) groups is 1. The van der Waals surface area contributed by atoms with Gasteiger partial charge >= 0.3 is 0 Å². The van der Waals surface area contributed by atoms with Gasteiger partial charge in [-0.05, 0) is 96.3 Å². The van der Waals surface area contributed by atoms with Gasteiger partial charge < -0.3 is 40.3 Å². The van der Waals surface area contributed by atoms with E-state index in [9.17, 15) is 30.3 Å². The van der Waals surface area contributed by atoms with Crippen molar-refractivity contribution in [1.82, 2.24) is 5.32 Å². The first-order valence-corrected chi connectivity index (χ1v) is 28.1. The monoisotopic (exact) mass is 978 g/mol. The van der Waals surface area contributed by atoms with Crippen LogP contribution >= 0.6 is 0 Å². The molecule has 1 rings (SSSR count). The molecule has 0 aromatic heterocycles. The van der Waals surface area contributed by atoms with Crippen LogP contribution in [0.25, 0.3) is 0 Å². The number of unbranched alkanes of at least 4 members (excludes halogenated alkanes) is 20. The summed E-state index contributed by atoms with van der Waals surface area (Å²) in [5.74, 6) is -0.219. The van der Waals surface area contributed by atoms with Gasteiger partial charge in [0.25, 0.3) is 0 Å². The van der Waals surface area contributed by atoms with Gasteiger partial charge in [-0.1, -0.05) is 220 Å². The van der Waals surface area contributed by atoms with E-state index in [2.05, 4.69) is 116 Å². The van der Waals surface area contributed by atoms with Crippen molar-refractivity contribution in [2.24, 2.45) is 0 Å². The molecule has 1 aliphatic heterocycles. The summed E-state index contributed by atoms with van der Waals surface area (Å²) in [6, 6.07) is -0.851. The summed E-state index contributed by atoms with van der Waals surface area (Å²) in [5, 5.41) is 54.4. The SMILES string of the molecule is CC/C=C\C/C=C\C/C=C\C/C=C\C/C=C\C/C=C\CCCCCCC(=O)NC(COC1OC(CO)C(O)C(O)C1O)C(O)/C=C/CC/C=C/CC/C=C/CCCCCCCCCCCCCCCC. The first-order valence-electron chi connectivity index (χ1n) is 28.1. The van der Waals surface area contributed by atoms with Gasteiger partial charge in [0, 0.05) is 6.42 Å². The molecule has 0 bridgehead atoms.